The summed E-state index contributed by atoms with van der Waals surface area (Å²) in [5, 5.41) is 11.0. The van der Waals surface area contributed by atoms with Crippen LogP contribution in [0, 0.1) is 23.0 Å². The second-order valence-corrected chi connectivity index (χ2v) is 7.67. The molecule has 6 nitrogen and oxygen atoms in total. The van der Waals surface area contributed by atoms with Crippen LogP contribution in [-0.4, -0.2) is 25.7 Å². The molecule has 1 aromatic rings. The normalized spacial score (nSPS) is 12.9. The van der Waals surface area contributed by atoms with Crippen LogP contribution in [0.25, 0.3) is 0 Å². The van der Waals surface area contributed by atoms with Crippen molar-refractivity contribution in [1.82, 2.24) is 0 Å². The molecule has 0 aliphatic rings. The first-order chi connectivity index (χ1) is 9.74. The number of nitro groups is 1. The number of benzene rings is 1. The van der Waals surface area contributed by atoms with Crippen molar-refractivity contribution < 1.29 is 18.1 Å². The quantitative estimate of drug-likeness (QED) is 0.413. The maximum absolute atomic E-state index is 11.2. The van der Waals surface area contributed by atoms with E-state index < -0.39 is 14.0 Å². The Balaban J connectivity index is 2.87. The molecule has 0 N–H and O–H groups in total. The van der Waals surface area contributed by atoms with E-state index in [-0.39, 0.29) is 29.7 Å². The molecule has 0 amide bonds. The topological polar surface area (TPSA) is 86.5 Å². The Morgan fingerprint density at radius 2 is 2.10 bits per heavy atom. The summed E-state index contributed by atoms with van der Waals surface area (Å²) in [6, 6.07) is 4.64. The summed E-state index contributed by atoms with van der Waals surface area (Å²) in [5.74, 6) is -0.325. The Hall–Kier alpha value is -1.34. The molecule has 0 bridgehead atoms. The van der Waals surface area contributed by atoms with Crippen LogP contribution in [0.2, 0.25) is 0 Å². The third-order valence-electron chi connectivity index (χ3n) is 2.98. The van der Waals surface area contributed by atoms with Crippen LogP contribution in [-0.2, 0) is 9.05 Å². The van der Waals surface area contributed by atoms with Gasteiger partial charge in [0, 0.05) is 22.7 Å². The van der Waals surface area contributed by atoms with E-state index in [4.69, 9.17) is 15.4 Å². The number of nitro benzene ring substituents is 1. The zero-order valence-corrected chi connectivity index (χ0v) is 13.5. The Kier molecular flexibility index (Phi) is 6.42. The highest BCUT2D eigenvalue weighted by atomic mass is 35.7. The zero-order chi connectivity index (χ0) is 16.0. The van der Waals surface area contributed by atoms with Crippen LogP contribution >= 0.6 is 10.7 Å². The van der Waals surface area contributed by atoms with Crippen LogP contribution in [0.3, 0.4) is 0 Å². The van der Waals surface area contributed by atoms with Crippen LogP contribution in [0.15, 0.2) is 18.2 Å². The molecule has 8 heteroatoms. The Labute approximate surface area is 128 Å². The summed E-state index contributed by atoms with van der Waals surface area (Å²) < 4.78 is 27.9. The lowest BCUT2D eigenvalue weighted by Gasteiger charge is -2.16. The predicted octanol–water partition coefficient (Wildman–Crippen LogP) is 3.27. The largest absolute Gasteiger partial charge is 0.486 e. The number of aryl methyl sites for hydroxylation is 1. The SMILES string of the molecule is CCCC(COc1c(C)cccc1[N+](=O)[O-])CS(=O)(=O)Cl. The average Bonchev–Trinajstić information content (AvgIpc) is 2.35. The number of para-hydroxylation sites is 1. The van der Waals surface area contributed by atoms with Crippen LogP contribution in [0.1, 0.15) is 25.3 Å². The van der Waals surface area contributed by atoms with Gasteiger partial charge in [-0.05, 0) is 18.9 Å². The molecule has 21 heavy (non-hydrogen) atoms. The number of ether oxygens (including phenoxy) is 1. The minimum absolute atomic E-state index is 0.0749. The lowest BCUT2D eigenvalue weighted by Crippen LogP contribution is -2.20. The number of rotatable bonds is 8. The molecular formula is C13H18ClNO5S. The van der Waals surface area contributed by atoms with Gasteiger partial charge in [-0.2, -0.15) is 0 Å². The average molecular weight is 336 g/mol. The van der Waals surface area contributed by atoms with Crippen molar-refractivity contribution in [2.45, 2.75) is 26.7 Å². The molecule has 0 saturated heterocycles. The van der Waals surface area contributed by atoms with E-state index in [1.165, 1.54) is 6.07 Å². The van der Waals surface area contributed by atoms with Gasteiger partial charge < -0.3 is 4.74 Å². The van der Waals surface area contributed by atoms with Crippen molar-refractivity contribution in [2.75, 3.05) is 12.4 Å². The molecule has 0 saturated carbocycles. The van der Waals surface area contributed by atoms with Crippen molar-refractivity contribution in [3.63, 3.8) is 0 Å². The summed E-state index contributed by atoms with van der Waals surface area (Å²) in [7, 11) is 1.64. The van der Waals surface area contributed by atoms with E-state index in [0.717, 1.165) is 6.42 Å². The highest BCUT2D eigenvalue weighted by Crippen LogP contribution is 2.31. The van der Waals surface area contributed by atoms with Gasteiger partial charge >= 0.3 is 5.69 Å². The van der Waals surface area contributed by atoms with Crippen LogP contribution in [0.4, 0.5) is 5.69 Å². The molecular weight excluding hydrogens is 318 g/mol. The molecule has 0 aromatic heterocycles. The molecule has 0 fully saturated rings. The maximum atomic E-state index is 11.2. The van der Waals surface area contributed by atoms with E-state index in [1.807, 2.05) is 6.92 Å². The summed E-state index contributed by atoms with van der Waals surface area (Å²) >= 11 is 0. The first-order valence-corrected chi connectivity index (χ1v) is 9.01. The molecule has 118 valence electrons. The fourth-order valence-electron chi connectivity index (χ4n) is 2.07. The summed E-state index contributed by atoms with van der Waals surface area (Å²) in [6.45, 7) is 3.70. The molecule has 0 spiro atoms. The Morgan fingerprint density at radius 1 is 1.43 bits per heavy atom. The summed E-state index contributed by atoms with van der Waals surface area (Å²) in [5.41, 5.74) is 0.507. The third-order valence-corrected chi connectivity index (χ3v) is 4.23. The highest BCUT2D eigenvalue weighted by molar-refractivity contribution is 8.13. The number of halogens is 1. The minimum Gasteiger partial charge on any atom is -0.486 e. The van der Waals surface area contributed by atoms with Crippen LogP contribution < -0.4 is 4.74 Å². The molecule has 0 aliphatic heterocycles. The number of hydrogen-bond acceptors (Lipinski definition) is 5. The monoisotopic (exact) mass is 335 g/mol. The fraction of sp³-hybridized carbons (Fsp3) is 0.538. The van der Waals surface area contributed by atoms with Gasteiger partial charge in [0.2, 0.25) is 9.05 Å². The van der Waals surface area contributed by atoms with E-state index in [9.17, 15) is 18.5 Å². The minimum atomic E-state index is -3.63. The molecule has 1 rings (SSSR count). The second-order valence-electron chi connectivity index (χ2n) is 4.85. The maximum Gasteiger partial charge on any atom is 0.311 e. The highest BCUT2D eigenvalue weighted by Gasteiger charge is 2.21. The summed E-state index contributed by atoms with van der Waals surface area (Å²) in [4.78, 5) is 10.5. The first-order valence-electron chi connectivity index (χ1n) is 6.53. The van der Waals surface area contributed by atoms with Crippen LogP contribution in [0.5, 0.6) is 5.75 Å². The zero-order valence-electron chi connectivity index (χ0n) is 11.9. The number of nitrogens with zero attached hydrogens (tertiary/aromatic N) is 1. The Morgan fingerprint density at radius 3 is 2.62 bits per heavy atom. The van der Waals surface area contributed by atoms with Gasteiger partial charge in [-0.1, -0.05) is 25.5 Å². The van der Waals surface area contributed by atoms with E-state index in [0.29, 0.717) is 12.0 Å². The van der Waals surface area contributed by atoms with Crippen molar-refractivity contribution in [3.05, 3.63) is 33.9 Å². The second kappa shape index (κ2) is 7.61. The molecule has 1 aromatic carbocycles. The van der Waals surface area contributed by atoms with Crippen molar-refractivity contribution in [2.24, 2.45) is 5.92 Å². The lowest BCUT2D eigenvalue weighted by molar-refractivity contribution is -0.386. The molecule has 0 aliphatic carbocycles. The van der Waals surface area contributed by atoms with Gasteiger partial charge in [-0.3, -0.25) is 10.1 Å². The van der Waals surface area contributed by atoms with Crippen molar-refractivity contribution in [3.8, 4) is 5.75 Å². The predicted molar refractivity (Wildman–Crippen MR) is 81.4 cm³/mol. The lowest BCUT2D eigenvalue weighted by atomic mass is 10.1. The summed E-state index contributed by atoms with van der Waals surface area (Å²) in [6.07, 6.45) is 1.39. The van der Waals surface area contributed by atoms with E-state index in [2.05, 4.69) is 0 Å². The smallest absolute Gasteiger partial charge is 0.311 e. The van der Waals surface area contributed by atoms with Gasteiger partial charge in [0.15, 0.2) is 5.75 Å². The molecule has 0 radical (unpaired) electrons. The van der Waals surface area contributed by atoms with Crippen molar-refractivity contribution in [1.29, 1.82) is 0 Å². The molecule has 0 heterocycles. The Bertz CT molecular complexity index is 603. The van der Waals surface area contributed by atoms with Gasteiger partial charge in [-0.25, -0.2) is 8.42 Å². The standard InChI is InChI=1S/C13H18ClNO5S/c1-3-5-11(9-21(14,18)19)8-20-13-10(2)6-4-7-12(13)15(16)17/h4,6-7,11H,3,5,8-9H2,1-2H3. The van der Waals surface area contributed by atoms with Gasteiger partial charge in [0.25, 0.3) is 0 Å². The van der Waals surface area contributed by atoms with E-state index >= 15 is 0 Å². The first kappa shape index (κ1) is 17.7. The third kappa shape index (κ3) is 5.89. The van der Waals surface area contributed by atoms with Gasteiger partial charge in [-0.15, -0.1) is 0 Å². The van der Waals surface area contributed by atoms with Gasteiger partial charge in [0.1, 0.15) is 0 Å². The molecule has 1 unspecified atom stereocenters. The van der Waals surface area contributed by atoms with Gasteiger partial charge in [0.05, 0.1) is 17.3 Å². The fourth-order valence-corrected chi connectivity index (χ4v) is 3.43. The molecule has 1 atom stereocenters. The number of hydrogen-bond donors (Lipinski definition) is 0. The van der Waals surface area contributed by atoms with Crippen molar-refractivity contribution >= 4 is 25.4 Å². The van der Waals surface area contributed by atoms with E-state index in [1.54, 1.807) is 19.1 Å².